The summed E-state index contributed by atoms with van der Waals surface area (Å²) in [6.07, 6.45) is 0. The summed E-state index contributed by atoms with van der Waals surface area (Å²) in [6, 6.07) is 176. The quantitative estimate of drug-likeness (QED) is 0.0796. The van der Waals surface area contributed by atoms with Gasteiger partial charge in [-0.05, 0) is 195 Å². The molecule has 22 aromatic rings. The van der Waals surface area contributed by atoms with Gasteiger partial charge in [0, 0.05) is 94.6 Å². The molecule has 5 heteroatoms. The monoisotopic (exact) mass is 1630 g/mol. The summed E-state index contributed by atoms with van der Waals surface area (Å²) in [4.78, 5) is 0. The molecule has 0 radical (unpaired) electrons. The van der Waals surface area contributed by atoms with E-state index in [1.54, 1.807) is 0 Å². The Balaban J connectivity index is 0.000000102. The molecule has 0 spiro atoms. The Hall–Kier alpha value is -16.3. The molecule has 0 amide bonds. The van der Waals surface area contributed by atoms with Crippen molar-refractivity contribution >= 4 is 132 Å². The van der Waals surface area contributed by atoms with Crippen LogP contribution in [0.4, 0.5) is 56.9 Å². The summed E-state index contributed by atoms with van der Waals surface area (Å²) >= 11 is 0. The molecule has 0 aromatic heterocycles. The summed E-state index contributed by atoms with van der Waals surface area (Å²) in [5, 5.41) is 35.5. The van der Waals surface area contributed by atoms with Gasteiger partial charge in [-0.3, -0.25) is 0 Å². The molecule has 0 saturated heterocycles. The van der Waals surface area contributed by atoms with Crippen LogP contribution in [0.15, 0.2) is 497 Å². The zero-order chi connectivity index (χ0) is 85.3. The van der Waals surface area contributed by atoms with E-state index in [0.29, 0.717) is 0 Å². The summed E-state index contributed by atoms with van der Waals surface area (Å²) in [7, 11) is 0. The Kier molecular flexibility index (Phi) is 22.2. The van der Waals surface area contributed by atoms with Crippen molar-refractivity contribution in [1.82, 2.24) is 0 Å². The van der Waals surface area contributed by atoms with Crippen molar-refractivity contribution < 1.29 is 0 Å². The molecule has 24 rings (SSSR count). The number of nitrogens with one attached hydrogen (secondary N) is 5. The molecular formula is C122H93N5. The second-order valence-corrected chi connectivity index (χ2v) is 33.0. The molecule has 0 unspecified atom stereocenters. The molecule has 5 nitrogen and oxygen atoms in total. The number of hydrogen-bond donors (Lipinski definition) is 5. The third-order valence-electron chi connectivity index (χ3n) is 24.9. The molecule has 0 bridgehead atoms. The lowest BCUT2D eigenvalue weighted by Gasteiger charge is -2.34. The zero-order valence-electron chi connectivity index (χ0n) is 70.8. The van der Waals surface area contributed by atoms with Crippen LogP contribution in [-0.4, -0.2) is 0 Å². The smallest absolute Gasteiger partial charge is 0.0714 e. The largest absolute Gasteiger partial charge is 0.355 e. The van der Waals surface area contributed by atoms with E-state index in [1.807, 2.05) is 6.07 Å². The third kappa shape index (κ3) is 16.3. The highest BCUT2D eigenvalue weighted by Crippen LogP contribution is 2.57. The Morgan fingerprint density at radius 2 is 0.425 bits per heavy atom. The lowest BCUT2D eigenvalue weighted by Crippen LogP contribution is -2.28. The molecule has 2 aliphatic carbocycles. The zero-order valence-corrected chi connectivity index (χ0v) is 70.8. The normalized spacial score (nSPS) is 12.1. The van der Waals surface area contributed by atoms with Gasteiger partial charge in [0.1, 0.15) is 0 Å². The molecule has 0 fully saturated rings. The van der Waals surface area contributed by atoms with Crippen molar-refractivity contribution in [2.24, 2.45) is 0 Å². The summed E-state index contributed by atoms with van der Waals surface area (Å²) < 4.78 is 0. The van der Waals surface area contributed by atoms with Crippen molar-refractivity contribution in [2.75, 3.05) is 26.6 Å². The van der Waals surface area contributed by atoms with Gasteiger partial charge in [-0.25, -0.2) is 0 Å². The van der Waals surface area contributed by atoms with Gasteiger partial charge in [-0.15, -0.1) is 0 Å². The van der Waals surface area contributed by atoms with Crippen molar-refractivity contribution in [3.8, 4) is 33.4 Å². The highest BCUT2D eigenvalue weighted by molar-refractivity contribution is 6.03. The molecule has 0 atom stereocenters. The fourth-order valence-electron chi connectivity index (χ4n) is 18.7. The van der Waals surface area contributed by atoms with Crippen molar-refractivity contribution in [1.29, 1.82) is 0 Å². The lowest BCUT2D eigenvalue weighted by atomic mass is 9.67. The van der Waals surface area contributed by atoms with E-state index in [1.165, 1.54) is 142 Å². The Bertz CT molecular complexity index is 7560. The van der Waals surface area contributed by atoms with Gasteiger partial charge in [0.25, 0.3) is 0 Å². The first kappa shape index (κ1) is 79.2. The molecular weight excluding hydrogens is 1540 g/mol. The fraction of sp³-hybridized carbons (Fsp3) is 0.0328. The predicted molar refractivity (Wildman–Crippen MR) is 544 cm³/mol. The van der Waals surface area contributed by atoms with Crippen molar-refractivity contribution in [3.63, 3.8) is 0 Å². The van der Waals surface area contributed by atoms with E-state index in [4.69, 9.17) is 0 Å². The second kappa shape index (κ2) is 35.6. The van der Waals surface area contributed by atoms with Gasteiger partial charge < -0.3 is 26.6 Å². The van der Waals surface area contributed by atoms with E-state index >= 15 is 0 Å². The van der Waals surface area contributed by atoms with Gasteiger partial charge in [-0.2, -0.15) is 0 Å². The van der Waals surface area contributed by atoms with E-state index < -0.39 is 0 Å². The maximum Gasteiger partial charge on any atom is 0.0714 e. The fourth-order valence-corrected chi connectivity index (χ4v) is 18.7. The van der Waals surface area contributed by atoms with Crippen LogP contribution >= 0.6 is 0 Å². The van der Waals surface area contributed by atoms with Crippen molar-refractivity contribution in [3.05, 3.63) is 531 Å². The van der Waals surface area contributed by atoms with Crippen molar-refractivity contribution in [2.45, 2.75) is 24.7 Å². The number of fused-ring (bicyclic) bond motifs is 13. The Morgan fingerprint density at radius 1 is 0.157 bits per heavy atom. The van der Waals surface area contributed by atoms with E-state index in [0.717, 1.165) is 56.9 Å². The minimum absolute atomic E-state index is 0.0301. The van der Waals surface area contributed by atoms with Gasteiger partial charge in [0.2, 0.25) is 0 Å². The van der Waals surface area contributed by atoms with E-state index in [-0.39, 0.29) is 10.8 Å². The number of benzene rings is 22. The van der Waals surface area contributed by atoms with Crippen LogP contribution in [0.3, 0.4) is 0 Å². The van der Waals surface area contributed by atoms with E-state index in [2.05, 4.69) is 532 Å². The summed E-state index contributed by atoms with van der Waals surface area (Å²) in [5.74, 6) is 0. The molecule has 0 saturated carbocycles. The first-order valence-corrected chi connectivity index (χ1v) is 43.7. The predicted octanol–water partition coefficient (Wildman–Crippen LogP) is 33.6. The first-order chi connectivity index (χ1) is 62.7. The molecule has 2 aliphatic rings. The van der Waals surface area contributed by atoms with Gasteiger partial charge >= 0.3 is 0 Å². The topological polar surface area (TPSA) is 60.1 Å². The molecule has 606 valence electrons. The number of rotatable bonds is 13. The maximum absolute atomic E-state index is 3.74. The third-order valence-corrected chi connectivity index (χ3v) is 24.9. The van der Waals surface area contributed by atoms with Crippen LogP contribution in [0.5, 0.6) is 0 Å². The molecule has 5 N–H and O–H groups in total. The minimum Gasteiger partial charge on any atom is -0.355 e. The second-order valence-electron chi connectivity index (χ2n) is 33.0. The highest BCUT2D eigenvalue weighted by Gasteiger charge is 2.46. The average Bonchev–Trinajstić information content (AvgIpc) is 1.54. The lowest BCUT2D eigenvalue weighted by molar-refractivity contribution is 0.660. The van der Waals surface area contributed by atoms with Crippen LogP contribution in [-0.2, 0) is 10.8 Å². The standard InChI is InChI=1S/C35H25N.C25H21N.C22H17N.2C20H15N/c1-3-14-26(15-4-1)35(27-16-5-2-6-17-27)32-20-10-9-19-30(32)31-23-22-28(24-33(31)35)36-34-21-11-13-25-12-7-8-18-29(25)34;1-25(2)22-12-6-5-11-20(22)21-15-14-18(16-23(21)25)26-24-13-7-9-17-8-3-4-10-19(17)24;1-2-7-17(8-3-1)18-13-15-20(16-14-18)23-22-12-6-10-19-9-4-5-11-21(19)22;1-3-11-17-15(7-1)9-5-13-19(17)21-20-14-6-10-16-8-2-4-12-18(16)20;1-2-8-17-14-18(13-12-15(17)6-1)21-20-11-5-9-16-7-3-4-10-19(16)20/h1-24,36H;3-16,26H,1-2H3;1-16,23H;2*1-14,21H. The Labute approximate surface area is 742 Å². The van der Waals surface area contributed by atoms with Crippen LogP contribution in [0, 0.1) is 0 Å². The SMILES string of the molecule is CC1(C)c2ccccc2-c2ccc(Nc3cccc4ccccc34)cc21.c1ccc(-c2ccc(Nc3cccc4ccccc34)cc2)cc1.c1ccc(C2(c3ccccc3)c3ccccc3-c3ccc(Nc4cccc5ccccc45)cc32)cc1.c1ccc2c(Nc3cccc4ccccc34)cccc2c1.c1ccc2cc(Nc3cccc4ccccc34)ccc2c1. The van der Waals surface area contributed by atoms with Gasteiger partial charge in [-0.1, -0.05) is 426 Å². The summed E-state index contributed by atoms with van der Waals surface area (Å²) in [6.45, 7) is 4.64. The minimum atomic E-state index is -0.384. The Morgan fingerprint density at radius 3 is 0.843 bits per heavy atom. The molecule has 0 aliphatic heterocycles. The summed E-state index contributed by atoms with van der Waals surface area (Å²) in [5.41, 5.74) is 26.7. The van der Waals surface area contributed by atoms with Gasteiger partial charge in [0.15, 0.2) is 0 Å². The molecule has 127 heavy (non-hydrogen) atoms. The number of anilines is 10. The average molecular weight is 1630 g/mol. The maximum atomic E-state index is 3.74. The van der Waals surface area contributed by atoms with Crippen LogP contribution < -0.4 is 26.6 Å². The van der Waals surface area contributed by atoms with Crippen LogP contribution in [0.25, 0.3) is 109 Å². The van der Waals surface area contributed by atoms with Crippen LogP contribution in [0.1, 0.15) is 47.2 Å². The van der Waals surface area contributed by atoms with Crippen LogP contribution in [0.2, 0.25) is 0 Å². The van der Waals surface area contributed by atoms with E-state index in [9.17, 15) is 0 Å². The first-order valence-electron chi connectivity index (χ1n) is 43.7. The molecule has 0 heterocycles. The molecule has 22 aromatic carbocycles. The number of hydrogen-bond acceptors (Lipinski definition) is 5. The van der Waals surface area contributed by atoms with Gasteiger partial charge in [0.05, 0.1) is 5.41 Å². The highest BCUT2D eigenvalue weighted by atomic mass is 14.9.